The second-order valence-electron chi connectivity index (χ2n) is 3.62. The van der Waals surface area contributed by atoms with Crippen LogP contribution in [0.1, 0.15) is 26.7 Å². The van der Waals surface area contributed by atoms with Crippen molar-refractivity contribution >= 4 is 0 Å². The van der Waals surface area contributed by atoms with Gasteiger partial charge in [0, 0.05) is 19.2 Å². The van der Waals surface area contributed by atoms with E-state index in [2.05, 4.69) is 18.7 Å². The standard InChI is InChI=1S/C9H19NO/c1-8-4-6-10(9(8)2)5-3-7-11/h8-9,11H,3-7H2,1-2H3. The molecule has 0 amide bonds. The molecular weight excluding hydrogens is 138 g/mol. The van der Waals surface area contributed by atoms with E-state index >= 15 is 0 Å². The van der Waals surface area contributed by atoms with E-state index < -0.39 is 0 Å². The first-order chi connectivity index (χ1) is 5.25. The second kappa shape index (κ2) is 4.07. The van der Waals surface area contributed by atoms with Gasteiger partial charge in [0.1, 0.15) is 0 Å². The van der Waals surface area contributed by atoms with Gasteiger partial charge in [-0.3, -0.25) is 0 Å². The molecule has 0 radical (unpaired) electrons. The van der Waals surface area contributed by atoms with Crippen LogP contribution in [0.15, 0.2) is 0 Å². The average Bonchev–Trinajstić information content (AvgIpc) is 2.31. The van der Waals surface area contributed by atoms with E-state index in [1.807, 2.05) is 0 Å². The molecule has 0 saturated carbocycles. The summed E-state index contributed by atoms with van der Waals surface area (Å²) in [6.07, 6.45) is 2.25. The van der Waals surface area contributed by atoms with Gasteiger partial charge in [-0.05, 0) is 32.2 Å². The van der Waals surface area contributed by atoms with Crippen molar-refractivity contribution < 1.29 is 5.11 Å². The fourth-order valence-electron chi connectivity index (χ4n) is 1.76. The molecule has 0 spiro atoms. The SMILES string of the molecule is CC1CCN(CCCO)C1C. The number of rotatable bonds is 3. The van der Waals surface area contributed by atoms with Crippen molar-refractivity contribution in [2.45, 2.75) is 32.7 Å². The molecule has 0 aromatic heterocycles. The number of likely N-dealkylation sites (tertiary alicyclic amines) is 1. The molecule has 1 aliphatic heterocycles. The molecule has 0 bridgehead atoms. The molecule has 1 fully saturated rings. The molecule has 2 heteroatoms. The predicted molar refractivity (Wildman–Crippen MR) is 46.5 cm³/mol. The molecule has 0 aliphatic carbocycles. The van der Waals surface area contributed by atoms with Crippen LogP contribution >= 0.6 is 0 Å². The van der Waals surface area contributed by atoms with Gasteiger partial charge in [0.25, 0.3) is 0 Å². The van der Waals surface area contributed by atoms with Crippen LogP contribution in [0.25, 0.3) is 0 Å². The highest BCUT2D eigenvalue weighted by Crippen LogP contribution is 2.22. The van der Waals surface area contributed by atoms with Crippen LogP contribution in [-0.4, -0.2) is 35.7 Å². The Bertz CT molecular complexity index is 116. The van der Waals surface area contributed by atoms with Crippen LogP contribution in [0, 0.1) is 5.92 Å². The van der Waals surface area contributed by atoms with Crippen molar-refractivity contribution in [3.63, 3.8) is 0 Å². The number of hydrogen-bond donors (Lipinski definition) is 1. The van der Waals surface area contributed by atoms with E-state index in [1.165, 1.54) is 13.0 Å². The highest BCUT2D eigenvalue weighted by atomic mass is 16.3. The summed E-state index contributed by atoms with van der Waals surface area (Å²) < 4.78 is 0. The zero-order valence-corrected chi connectivity index (χ0v) is 7.58. The van der Waals surface area contributed by atoms with Crippen LogP contribution in [0.3, 0.4) is 0 Å². The number of hydrogen-bond acceptors (Lipinski definition) is 2. The van der Waals surface area contributed by atoms with Crippen molar-refractivity contribution in [1.29, 1.82) is 0 Å². The Balaban J connectivity index is 2.24. The third-order valence-electron chi connectivity index (χ3n) is 2.87. The summed E-state index contributed by atoms with van der Waals surface area (Å²) in [7, 11) is 0. The van der Waals surface area contributed by atoms with Crippen molar-refractivity contribution in [3.05, 3.63) is 0 Å². The number of nitrogens with zero attached hydrogens (tertiary/aromatic N) is 1. The first-order valence-electron chi connectivity index (χ1n) is 4.60. The van der Waals surface area contributed by atoms with E-state index in [9.17, 15) is 0 Å². The van der Waals surface area contributed by atoms with E-state index in [-0.39, 0.29) is 0 Å². The summed E-state index contributed by atoms with van der Waals surface area (Å²) in [6.45, 7) is 7.22. The largest absolute Gasteiger partial charge is 0.396 e. The maximum Gasteiger partial charge on any atom is 0.0443 e. The molecule has 1 saturated heterocycles. The lowest BCUT2D eigenvalue weighted by molar-refractivity contribution is 0.209. The molecule has 1 N–H and O–H groups in total. The predicted octanol–water partition coefficient (Wildman–Crippen LogP) is 1.10. The summed E-state index contributed by atoms with van der Waals surface area (Å²) in [5.41, 5.74) is 0. The molecule has 2 nitrogen and oxygen atoms in total. The van der Waals surface area contributed by atoms with Gasteiger partial charge >= 0.3 is 0 Å². The Morgan fingerprint density at radius 3 is 2.64 bits per heavy atom. The Morgan fingerprint density at radius 2 is 2.18 bits per heavy atom. The maximum absolute atomic E-state index is 8.65. The van der Waals surface area contributed by atoms with Crippen LogP contribution in [-0.2, 0) is 0 Å². The molecular formula is C9H19NO. The van der Waals surface area contributed by atoms with Crippen molar-refractivity contribution in [3.8, 4) is 0 Å². The molecule has 2 atom stereocenters. The average molecular weight is 157 g/mol. The van der Waals surface area contributed by atoms with Crippen molar-refractivity contribution in [2.75, 3.05) is 19.7 Å². The summed E-state index contributed by atoms with van der Waals surface area (Å²) in [6, 6.07) is 0.724. The van der Waals surface area contributed by atoms with E-state index in [0.29, 0.717) is 6.61 Å². The lowest BCUT2D eigenvalue weighted by Crippen LogP contribution is -2.30. The molecule has 1 rings (SSSR count). The van der Waals surface area contributed by atoms with Gasteiger partial charge in [-0.2, -0.15) is 0 Å². The van der Waals surface area contributed by atoms with Crippen LogP contribution in [0.5, 0.6) is 0 Å². The molecule has 11 heavy (non-hydrogen) atoms. The van der Waals surface area contributed by atoms with Crippen molar-refractivity contribution in [1.82, 2.24) is 4.90 Å². The maximum atomic E-state index is 8.65. The van der Waals surface area contributed by atoms with Gasteiger partial charge in [0.2, 0.25) is 0 Å². The second-order valence-corrected chi connectivity index (χ2v) is 3.62. The Hall–Kier alpha value is -0.0800. The summed E-state index contributed by atoms with van der Waals surface area (Å²) in [5.74, 6) is 0.841. The Kier molecular flexibility index (Phi) is 3.34. The van der Waals surface area contributed by atoms with Gasteiger partial charge in [-0.15, -0.1) is 0 Å². The van der Waals surface area contributed by atoms with E-state index in [0.717, 1.165) is 24.9 Å². The first-order valence-corrected chi connectivity index (χ1v) is 4.60. The number of aliphatic hydroxyl groups excluding tert-OH is 1. The zero-order chi connectivity index (χ0) is 8.27. The Morgan fingerprint density at radius 1 is 1.45 bits per heavy atom. The topological polar surface area (TPSA) is 23.5 Å². The van der Waals surface area contributed by atoms with E-state index in [1.54, 1.807) is 0 Å². The molecule has 2 unspecified atom stereocenters. The molecule has 66 valence electrons. The summed E-state index contributed by atoms with van der Waals surface area (Å²) >= 11 is 0. The summed E-state index contributed by atoms with van der Waals surface area (Å²) in [5, 5.41) is 8.65. The highest BCUT2D eigenvalue weighted by Gasteiger charge is 2.26. The fraction of sp³-hybridized carbons (Fsp3) is 1.00. The lowest BCUT2D eigenvalue weighted by Gasteiger charge is -2.22. The van der Waals surface area contributed by atoms with Crippen LogP contribution in [0.2, 0.25) is 0 Å². The third kappa shape index (κ3) is 2.17. The normalized spacial score (nSPS) is 33.0. The summed E-state index contributed by atoms with van der Waals surface area (Å²) in [4.78, 5) is 2.47. The van der Waals surface area contributed by atoms with Gasteiger partial charge in [-0.25, -0.2) is 0 Å². The minimum Gasteiger partial charge on any atom is -0.396 e. The third-order valence-corrected chi connectivity index (χ3v) is 2.87. The van der Waals surface area contributed by atoms with Crippen LogP contribution in [0.4, 0.5) is 0 Å². The molecule has 0 aromatic rings. The monoisotopic (exact) mass is 157 g/mol. The Labute approximate surface area is 69.2 Å². The molecule has 1 aliphatic rings. The molecule has 1 heterocycles. The van der Waals surface area contributed by atoms with E-state index in [4.69, 9.17) is 5.11 Å². The van der Waals surface area contributed by atoms with Crippen molar-refractivity contribution in [2.24, 2.45) is 5.92 Å². The molecule has 0 aromatic carbocycles. The smallest absolute Gasteiger partial charge is 0.0443 e. The number of aliphatic hydroxyl groups is 1. The van der Waals surface area contributed by atoms with Crippen LogP contribution < -0.4 is 0 Å². The fourth-order valence-corrected chi connectivity index (χ4v) is 1.76. The lowest BCUT2D eigenvalue weighted by atomic mass is 10.1. The first kappa shape index (κ1) is 9.01. The quantitative estimate of drug-likeness (QED) is 0.663. The van der Waals surface area contributed by atoms with Gasteiger partial charge in [-0.1, -0.05) is 6.92 Å². The highest BCUT2D eigenvalue weighted by molar-refractivity contribution is 4.80. The minimum atomic E-state index is 0.331. The minimum absolute atomic E-state index is 0.331. The van der Waals surface area contributed by atoms with Gasteiger partial charge in [0.05, 0.1) is 0 Å². The van der Waals surface area contributed by atoms with Gasteiger partial charge in [0.15, 0.2) is 0 Å². The van der Waals surface area contributed by atoms with Gasteiger partial charge < -0.3 is 10.0 Å². The zero-order valence-electron chi connectivity index (χ0n) is 7.58.